The zero-order chi connectivity index (χ0) is 13.7. The molecule has 1 heterocycles. The van der Waals surface area contributed by atoms with E-state index in [0.29, 0.717) is 15.9 Å². The van der Waals surface area contributed by atoms with Gasteiger partial charge >= 0.3 is 0 Å². The molecule has 0 aliphatic rings. The molecule has 6 heteroatoms. The van der Waals surface area contributed by atoms with E-state index in [1.807, 2.05) is 12.1 Å². The molecule has 1 aromatic carbocycles. The van der Waals surface area contributed by atoms with Crippen LogP contribution in [0.3, 0.4) is 0 Å². The molecule has 0 atom stereocenters. The number of nitrogens with two attached hydrogens (primary N) is 1. The van der Waals surface area contributed by atoms with Crippen molar-refractivity contribution in [2.45, 2.75) is 25.7 Å². The summed E-state index contributed by atoms with van der Waals surface area (Å²) < 4.78 is 0. The Bertz CT molecular complexity index is 539. The maximum Gasteiger partial charge on any atom is 0.182 e. The summed E-state index contributed by atoms with van der Waals surface area (Å²) in [5.74, 6) is 1.45. The van der Waals surface area contributed by atoms with Crippen LogP contribution in [-0.2, 0) is 6.42 Å². The molecule has 2 aromatic rings. The Morgan fingerprint density at radius 3 is 2.79 bits per heavy atom. The first kappa shape index (κ1) is 14.3. The number of rotatable bonds is 6. The van der Waals surface area contributed by atoms with Gasteiger partial charge in [0.1, 0.15) is 5.82 Å². The van der Waals surface area contributed by atoms with Gasteiger partial charge in [0, 0.05) is 12.0 Å². The Morgan fingerprint density at radius 2 is 2.00 bits per heavy atom. The van der Waals surface area contributed by atoms with Gasteiger partial charge in [0.25, 0.3) is 0 Å². The van der Waals surface area contributed by atoms with Crippen molar-refractivity contribution in [1.29, 1.82) is 0 Å². The third-order valence-electron chi connectivity index (χ3n) is 2.84. The van der Waals surface area contributed by atoms with Crippen LogP contribution < -0.4 is 5.73 Å². The summed E-state index contributed by atoms with van der Waals surface area (Å²) in [6, 6.07) is 5.43. The number of aromatic amines is 1. The molecule has 0 amide bonds. The van der Waals surface area contributed by atoms with Crippen LogP contribution in [0.4, 0.5) is 0 Å². The average molecular weight is 299 g/mol. The highest BCUT2D eigenvalue weighted by Crippen LogP contribution is 2.31. The van der Waals surface area contributed by atoms with Crippen LogP contribution >= 0.6 is 23.2 Å². The van der Waals surface area contributed by atoms with Crippen molar-refractivity contribution < 1.29 is 0 Å². The number of unbranched alkanes of at least 4 members (excludes halogenated alkanes) is 2. The quantitative estimate of drug-likeness (QED) is 0.803. The molecule has 0 aliphatic heterocycles. The molecule has 2 rings (SSSR count). The van der Waals surface area contributed by atoms with E-state index in [1.165, 1.54) is 0 Å². The molecule has 1 aromatic heterocycles. The van der Waals surface area contributed by atoms with Crippen LogP contribution in [0, 0.1) is 0 Å². The van der Waals surface area contributed by atoms with E-state index >= 15 is 0 Å². The monoisotopic (exact) mass is 298 g/mol. The van der Waals surface area contributed by atoms with Crippen molar-refractivity contribution in [2.75, 3.05) is 6.54 Å². The molecule has 3 N–H and O–H groups in total. The smallest absolute Gasteiger partial charge is 0.182 e. The number of halogens is 2. The van der Waals surface area contributed by atoms with Crippen LogP contribution in [0.1, 0.15) is 25.1 Å². The lowest BCUT2D eigenvalue weighted by atomic mass is 10.2. The van der Waals surface area contributed by atoms with E-state index in [-0.39, 0.29) is 0 Å². The fraction of sp³-hybridized carbons (Fsp3) is 0.385. The fourth-order valence-electron chi connectivity index (χ4n) is 1.82. The van der Waals surface area contributed by atoms with E-state index in [4.69, 9.17) is 28.9 Å². The van der Waals surface area contributed by atoms with E-state index in [9.17, 15) is 0 Å². The minimum atomic E-state index is 0.484. The lowest BCUT2D eigenvalue weighted by Gasteiger charge is -2.00. The Balaban J connectivity index is 2.06. The van der Waals surface area contributed by atoms with Crippen molar-refractivity contribution in [3.63, 3.8) is 0 Å². The Hall–Kier alpha value is -1.10. The number of nitrogens with zero attached hydrogens (tertiary/aromatic N) is 2. The second-order valence-electron chi connectivity index (χ2n) is 4.31. The Kier molecular flexibility index (Phi) is 5.19. The summed E-state index contributed by atoms with van der Waals surface area (Å²) in [6.07, 6.45) is 4.06. The maximum atomic E-state index is 6.14. The molecule has 0 spiro atoms. The lowest BCUT2D eigenvalue weighted by molar-refractivity contribution is 0.670. The van der Waals surface area contributed by atoms with Gasteiger partial charge < -0.3 is 5.73 Å². The number of aryl methyl sites for hydroxylation is 1. The van der Waals surface area contributed by atoms with E-state index in [1.54, 1.807) is 6.07 Å². The molecule has 102 valence electrons. The molecule has 0 fully saturated rings. The van der Waals surface area contributed by atoms with Crippen molar-refractivity contribution in [3.8, 4) is 11.4 Å². The van der Waals surface area contributed by atoms with Gasteiger partial charge in [-0.05, 0) is 31.5 Å². The summed E-state index contributed by atoms with van der Waals surface area (Å²) in [4.78, 5) is 4.44. The first-order chi connectivity index (χ1) is 9.22. The highest BCUT2D eigenvalue weighted by molar-refractivity contribution is 6.43. The molecule has 0 radical (unpaired) electrons. The van der Waals surface area contributed by atoms with Crippen molar-refractivity contribution >= 4 is 23.2 Å². The standard InChI is InChI=1S/C13H16Cl2N4/c14-10-6-4-5-9(12(10)15)13-17-11(18-19-13)7-2-1-3-8-16/h4-6H,1-3,7-8,16H2,(H,17,18,19). The topological polar surface area (TPSA) is 67.6 Å². The van der Waals surface area contributed by atoms with Crippen molar-refractivity contribution in [1.82, 2.24) is 15.2 Å². The van der Waals surface area contributed by atoms with Gasteiger partial charge in [-0.25, -0.2) is 4.98 Å². The number of aromatic nitrogens is 3. The third-order valence-corrected chi connectivity index (χ3v) is 3.66. The molecule has 19 heavy (non-hydrogen) atoms. The average Bonchev–Trinajstić information content (AvgIpc) is 2.87. The van der Waals surface area contributed by atoms with E-state index < -0.39 is 0 Å². The van der Waals surface area contributed by atoms with Gasteiger partial charge in [-0.15, -0.1) is 0 Å². The molecule has 0 unspecified atom stereocenters. The number of nitrogens with one attached hydrogen (secondary N) is 1. The Labute approximate surface area is 122 Å². The minimum Gasteiger partial charge on any atom is -0.330 e. The third kappa shape index (κ3) is 3.69. The first-order valence-corrected chi connectivity index (χ1v) is 7.03. The highest BCUT2D eigenvalue weighted by atomic mass is 35.5. The highest BCUT2D eigenvalue weighted by Gasteiger charge is 2.11. The van der Waals surface area contributed by atoms with Crippen LogP contribution in [0.5, 0.6) is 0 Å². The molecular weight excluding hydrogens is 283 g/mol. The normalized spacial score (nSPS) is 10.9. The molecule has 0 aliphatic carbocycles. The first-order valence-electron chi connectivity index (χ1n) is 6.28. The summed E-state index contributed by atoms with van der Waals surface area (Å²) in [5.41, 5.74) is 6.20. The molecule has 4 nitrogen and oxygen atoms in total. The zero-order valence-electron chi connectivity index (χ0n) is 10.5. The molecule has 0 bridgehead atoms. The van der Waals surface area contributed by atoms with Gasteiger partial charge in [-0.1, -0.05) is 35.7 Å². The summed E-state index contributed by atoms with van der Waals surface area (Å²) in [6.45, 7) is 0.736. The van der Waals surface area contributed by atoms with Crippen LogP contribution in [0.2, 0.25) is 10.0 Å². The molecule has 0 saturated heterocycles. The molecule has 0 saturated carbocycles. The van der Waals surface area contributed by atoms with Gasteiger partial charge in [0.05, 0.1) is 10.0 Å². The van der Waals surface area contributed by atoms with Gasteiger partial charge in [-0.2, -0.15) is 5.10 Å². The maximum absolute atomic E-state index is 6.14. The predicted molar refractivity (Wildman–Crippen MR) is 78.4 cm³/mol. The minimum absolute atomic E-state index is 0.484. The van der Waals surface area contributed by atoms with Gasteiger partial charge in [-0.3, -0.25) is 5.10 Å². The van der Waals surface area contributed by atoms with Gasteiger partial charge in [0.2, 0.25) is 0 Å². The van der Waals surface area contributed by atoms with Crippen LogP contribution in [-0.4, -0.2) is 21.7 Å². The Morgan fingerprint density at radius 1 is 1.16 bits per heavy atom. The van der Waals surface area contributed by atoms with Crippen molar-refractivity contribution in [2.24, 2.45) is 5.73 Å². The van der Waals surface area contributed by atoms with Gasteiger partial charge in [0.15, 0.2) is 5.82 Å². The summed E-state index contributed by atoms with van der Waals surface area (Å²) >= 11 is 12.1. The summed E-state index contributed by atoms with van der Waals surface area (Å²) in [7, 11) is 0. The second-order valence-corrected chi connectivity index (χ2v) is 5.09. The predicted octanol–water partition coefficient (Wildman–Crippen LogP) is 3.45. The number of benzene rings is 1. The van der Waals surface area contributed by atoms with Crippen LogP contribution in [0.15, 0.2) is 18.2 Å². The molecular formula is C13H16Cl2N4. The second kappa shape index (κ2) is 6.89. The summed E-state index contributed by atoms with van der Waals surface area (Å²) in [5, 5.41) is 8.11. The zero-order valence-corrected chi connectivity index (χ0v) is 12.0. The van der Waals surface area contributed by atoms with Crippen LogP contribution in [0.25, 0.3) is 11.4 Å². The number of H-pyrrole nitrogens is 1. The lowest BCUT2D eigenvalue weighted by Crippen LogP contribution is -1.98. The number of hydrogen-bond acceptors (Lipinski definition) is 3. The largest absolute Gasteiger partial charge is 0.330 e. The van der Waals surface area contributed by atoms with Crippen molar-refractivity contribution in [3.05, 3.63) is 34.1 Å². The fourth-order valence-corrected chi connectivity index (χ4v) is 2.20. The SMILES string of the molecule is NCCCCCc1nc(-c2cccc(Cl)c2Cl)n[nH]1. The van der Waals surface area contributed by atoms with E-state index in [2.05, 4.69) is 15.2 Å². The van der Waals surface area contributed by atoms with E-state index in [0.717, 1.165) is 43.6 Å². The number of hydrogen-bond donors (Lipinski definition) is 2.